The van der Waals surface area contributed by atoms with E-state index in [4.69, 9.17) is 15.6 Å². The fraction of sp³-hybridized carbons (Fsp3) is 0.310. The van der Waals surface area contributed by atoms with Gasteiger partial charge in [-0.05, 0) is 54.7 Å². The van der Waals surface area contributed by atoms with E-state index >= 15 is 0 Å². The number of aromatic nitrogens is 4. The number of hydrogen-bond donors (Lipinski definition) is 1. The van der Waals surface area contributed by atoms with Gasteiger partial charge >= 0.3 is 0 Å². The maximum atomic E-state index is 13.2. The Balaban J connectivity index is 1.46. The highest BCUT2D eigenvalue weighted by atomic mass is 16.5. The van der Waals surface area contributed by atoms with Crippen molar-refractivity contribution in [2.24, 2.45) is 5.41 Å². The number of ether oxygens (including phenoxy) is 1. The molecular formula is C29H32N6O2. The van der Waals surface area contributed by atoms with Crippen LogP contribution in [-0.2, 0) is 4.79 Å². The van der Waals surface area contributed by atoms with E-state index < -0.39 is 0 Å². The number of piperidine rings is 1. The van der Waals surface area contributed by atoms with Crippen LogP contribution in [0.25, 0.3) is 22.3 Å². The summed E-state index contributed by atoms with van der Waals surface area (Å²) in [6.07, 6.45) is 3.22. The number of para-hydroxylation sites is 1. The quantitative estimate of drug-likeness (QED) is 0.359. The molecule has 2 N–H and O–H groups in total. The van der Waals surface area contributed by atoms with Crippen LogP contribution in [0.3, 0.4) is 0 Å². The van der Waals surface area contributed by atoms with Gasteiger partial charge in [0.05, 0.1) is 11.4 Å². The monoisotopic (exact) mass is 496 g/mol. The van der Waals surface area contributed by atoms with Crippen molar-refractivity contribution >= 4 is 22.8 Å². The fourth-order valence-electron chi connectivity index (χ4n) is 4.61. The molecule has 1 atom stereocenters. The summed E-state index contributed by atoms with van der Waals surface area (Å²) in [6, 6.07) is 17.4. The van der Waals surface area contributed by atoms with Gasteiger partial charge < -0.3 is 15.4 Å². The lowest BCUT2D eigenvalue weighted by atomic mass is 9.86. The Morgan fingerprint density at radius 2 is 1.76 bits per heavy atom. The van der Waals surface area contributed by atoms with E-state index in [1.807, 2.05) is 85.0 Å². The Bertz CT molecular complexity index is 1440. The number of carbonyl (C=O) groups is 1. The van der Waals surface area contributed by atoms with Crippen LogP contribution in [0.15, 0.2) is 73.1 Å². The molecule has 5 rings (SSSR count). The van der Waals surface area contributed by atoms with Crippen molar-refractivity contribution in [3.05, 3.63) is 73.1 Å². The van der Waals surface area contributed by atoms with E-state index in [1.54, 1.807) is 0 Å². The molecule has 1 aliphatic heterocycles. The van der Waals surface area contributed by atoms with Gasteiger partial charge in [0.1, 0.15) is 29.3 Å². The van der Waals surface area contributed by atoms with Crippen LogP contribution in [0, 0.1) is 5.41 Å². The van der Waals surface area contributed by atoms with Crippen molar-refractivity contribution in [3.8, 4) is 22.8 Å². The van der Waals surface area contributed by atoms with Gasteiger partial charge in [-0.1, -0.05) is 45.5 Å². The lowest BCUT2D eigenvalue weighted by Crippen LogP contribution is -2.43. The van der Waals surface area contributed by atoms with Gasteiger partial charge in [-0.25, -0.2) is 14.6 Å². The highest BCUT2D eigenvalue weighted by molar-refractivity contribution is 5.98. The van der Waals surface area contributed by atoms with Crippen molar-refractivity contribution in [1.82, 2.24) is 24.6 Å². The van der Waals surface area contributed by atoms with Crippen molar-refractivity contribution in [2.75, 3.05) is 18.8 Å². The average Bonchev–Trinajstić information content (AvgIpc) is 3.29. The topological polar surface area (TPSA) is 99.2 Å². The molecule has 190 valence electrons. The van der Waals surface area contributed by atoms with Crippen molar-refractivity contribution in [2.45, 2.75) is 39.7 Å². The second kappa shape index (κ2) is 9.69. The molecule has 1 saturated heterocycles. The molecule has 0 spiro atoms. The minimum Gasteiger partial charge on any atom is -0.457 e. The molecule has 0 unspecified atom stereocenters. The molecule has 2 aromatic carbocycles. The number of hydrogen-bond acceptors (Lipinski definition) is 6. The van der Waals surface area contributed by atoms with Crippen molar-refractivity contribution < 1.29 is 9.53 Å². The van der Waals surface area contributed by atoms with E-state index in [0.717, 1.165) is 29.9 Å². The molecule has 0 aliphatic carbocycles. The van der Waals surface area contributed by atoms with Gasteiger partial charge in [-0.2, -0.15) is 5.10 Å². The van der Waals surface area contributed by atoms with Crippen LogP contribution >= 0.6 is 0 Å². The average molecular weight is 497 g/mol. The standard InChI is InChI=1S/C29H32N6O2/c1-19(29(2,3)4)28(36)34-16-8-9-21(17-34)35-27-24(26(30)31-18-32-27)25(33-35)20-12-14-23(15-13-20)37-22-10-6-5-7-11-22/h5-7,10-15,18,21H,1,8-9,16-17H2,2-4H3,(H2,30,31,32)/t21-/m1/s1. The first kappa shape index (κ1) is 24.5. The summed E-state index contributed by atoms with van der Waals surface area (Å²) >= 11 is 0. The van der Waals surface area contributed by atoms with Gasteiger partial charge in [0.2, 0.25) is 5.91 Å². The molecule has 1 amide bonds. The van der Waals surface area contributed by atoms with Gasteiger partial charge in [0, 0.05) is 24.2 Å². The molecule has 2 aromatic heterocycles. The maximum Gasteiger partial charge on any atom is 0.249 e. The molecule has 0 bridgehead atoms. The Labute approximate surface area is 216 Å². The number of carbonyl (C=O) groups excluding carboxylic acids is 1. The number of nitrogens with two attached hydrogens (primary N) is 1. The Kier molecular flexibility index (Phi) is 6.41. The third kappa shape index (κ3) is 4.91. The number of benzene rings is 2. The zero-order valence-electron chi connectivity index (χ0n) is 21.5. The van der Waals surface area contributed by atoms with Crippen LogP contribution in [0.1, 0.15) is 39.7 Å². The van der Waals surface area contributed by atoms with E-state index in [1.165, 1.54) is 6.33 Å². The summed E-state index contributed by atoms with van der Waals surface area (Å²) < 4.78 is 7.85. The van der Waals surface area contributed by atoms with Crippen LogP contribution in [0.2, 0.25) is 0 Å². The predicted octanol–water partition coefficient (Wildman–Crippen LogP) is 5.63. The molecule has 8 nitrogen and oxygen atoms in total. The van der Waals surface area contributed by atoms with Crippen LogP contribution in [0.5, 0.6) is 11.5 Å². The number of nitrogens with zero attached hydrogens (tertiary/aromatic N) is 5. The maximum absolute atomic E-state index is 13.2. The first-order valence-electron chi connectivity index (χ1n) is 12.5. The summed E-state index contributed by atoms with van der Waals surface area (Å²) in [5.74, 6) is 1.87. The van der Waals surface area contributed by atoms with E-state index in [-0.39, 0.29) is 17.4 Å². The van der Waals surface area contributed by atoms with Gasteiger partial charge in [0.15, 0.2) is 5.65 Å². The third-order valence-corrected chi connectivity index (χ3v) is 6.82. The second-order valence-corrected chi connectivity index (χ2v) is 10.5. The minimum atomic E-state index is -0.284. The number of rotatable bonds is 5. The predicted molar refractivity (Wildman–Crippen MR) is 145 cm³/mol. The van der Waals surface area contributed by atoms with Crippen LogP contribution in [0.4, 0.5) is 5.82 Å². The number of anilines is 1. The zero-order chi connectivity index (χ0) is 26.2. The highest BCUT2D eigenvalue weighted by Crippen LogP contribution is 2.35. The summed E-state index contributed by atoms with van der Waals surface area (Å²) in [6.45, 7) is 11.4. The molecule has 0 radical (unpaired) electrons. The molecule has 37 heavy (non-hydrogen) atoms. The molecule has 1 aliphatic rings. The normalized spacial score (nSPS) is 16.1. The lowest BCUT2D eigenvalue weighted by Gasteiger charge is -2.35. The van der Waals surface area contributed by atoms with E-state index in [2.05, 4.69) is 16.5 Å². The van der Waals surface area contributed by atoms with Crippen molar-refractivity contribution in [1.29, 1.82) is 0 Å². The molecular weight excluding hydrogens is 464 g/mol. The number of likely N-dealkylation sites (tertiary alicyclic amines) is 1. The van der Waals surface area contributed by atoms with Gasteiger partial charge in [0.25, 0.3) is 0 Å². The van der Waals surface area contributed by atoms with E-state index in [9.17, 15) is 4.79 Å². The molecule has 4 aromatic rings. The first-order chi connectivity index (χ1) is 17.7. The van der Waals surface area contributed by atoms with Gasteiger partial charge in [-0.3, -0.25) is 4.79 Å². The Morgan fingerprint density at radius 3 is 2.46 bits per heavy atom. The highest BCUT2D eigenvalue weighted by Gasteiger charge is 2.32. The number of fused-ring (bicyclic) bond motifs is 1. The summed E-state index contributed by atoms with van der Waals surface area (Å²) in [7, 11) is 0. The number of nitrogen functional groups attached to an aromatic ring is 1. The smallest absolute Gasteiger partial charge is 0.249 e. The van der Waals surface area contributed by atoms with Gasteiger partial charge in [-0.15, -0.1) is 0 Å². The van der Waals surface area contributed by atoms with Crippen LogP contribution in [-0.4, -0.2) is 43.6 Å². The summed E-state index contributed by atoms with van der Waals surface area (Å²) in [5, 5.41) is 5.69. The summed E-state index contributed by atoms with van der Waals surface area (Å²) in [5.41, 5.74) is 8.92. The second-order valence-electron chi connectivity index (χ2n) is 10.5. The molecule has 0 saturated carbocycles. The SMILES string of the molecule is C=C(C(=O)N1CCC[C@@H](n2nc(-c3ccc(Oc4ccccc4)cc3)c3c(N)ncnc32)C1)C(C)(C)C. The number of amides is 1. The minimum absolute atomic E-state index is 0.00275. The third-order valence-electron chi connectivity index (χ3n) is 6.82. The summed E-state index contributed by atoms with van der Waals surface area (Å²) in [4.78, 5) is 23.8. The largest absolute Gasteiger partial charge is 0.457 e. The molecule has 3 heterocycles. The zero-order valence-corrected chi connectivity index (χ0v) is 21.5. The molecule has 8 heteroatoms. The molecule has 1 fully saturated rings. The van der Waals surface area contributed by atoms with Crippen LogP contribution < -0.4 is 10.5 Å². The van der Waals surface area contributed by atoms with Crippen molar-refractivity contribution in [3.63, 3.8) is 0 Å². The Hall–Kier alpha value is -4.20. The van der Waals surface area contributed by atoms with E-state index in [0.29, 0.717) is 41.2 Å². The fourth-order valence-corrected chi connectivity index (χ4v) is 4.61. The first-order valence-corrected chi connectivity index (χ1v) is 12.5. The lowest BCUT2D eigenvalue weighted by molar-refractivity contribution is -0.129. The Morgan fingerprint density at radius 1 is 1.05 bits per heavy atom.